The van der Waals surface area contributed by atoms with Crippen molar-refractivity contribution in [2.45, 2.75) is 6.43 Å². The molecule has 0 aromatic heterocycles. The van der Waals surface area contributed by atoms with Crippen LogP contribution in [0.25, 0.3) is 0 Å². The number of nitrogens with two attached hydrogens (primary N) is 1. The maximum atomic E-state index is 11.8. The molecular formula is C9H8F2N2O. The summed E-state index contributed by atoms with van der Waals surface area (Å²) in [6.45, 7) is -0.698. The molecule has 0 heterocycles. The first-order chi connectivity index (χ1) is 6.63. The SMILES string of the molecule is N#Cc1ccc(OCC(F)F)c(N)c1. The Morgan fingerprint density at radius 3 is 2.71 bits per heavy atom. The van der Waals surface area contributed by atoms with Gasteiger partial charge in [-0.3, -0.25) is 0 Å². The predicted molar refractivity (Wildman–Crippen MR) is 47.1 cm³/mol. The van der Waals surface area contributed by atoms with E-state index in [-0.39, 0.29) is 11.4 Å². The Labute approximate surface area is 79.7 Å². The van der Waals surface area contributed by atoms with Gasteiger partial charge in [-0.15, -0.1) is 0 Å². The fraction of sp³-hybridized carbons (Fsp3) is 0.222. The minimum Gasteiger partial charge on any atom is -0.485 e. The Kier molecular flexibility index (Phi) is 3.24. The number of hydrogen-bond acceptors (Lipinski definition) is 3. The number of nitriles is 1. The van der Waals surface area contributed by atoms with Crippen molar-refractivity contribution in [3.05, 3.63) is 23.8 Å². The van der Waals surface area contributed by atoms with Gasteiger partial charge in [0, 0.05) is 0 Å². The van der Waals surface area contributed by atoms with Gasteiger partial charge in [0.2, 0.25) is 0 Å². The van der Waals surface area contributed by atoms with Gasteiger partial charge in [-0.1, -0.05) is 0 Å². The van der Waals surface area contributed by atoms with Crippen LogP contribution in [-0.4, -0.2) is 13.0 Å². The quantitative estimate of drug-likeness (QED) is 0.753. The standard InChI is InChI=1S/C9H8F2N2O/c10-9(11)5-14-8-2-1-6(4-12)3-7(8)13/h1-3,9H,5,13H2. The Morgan fingerprint density at radius 2 is 2.21 bits per heavy atom. The van der Waals surface area contributed by atoms with Gasteiger partial charge in [-0.25, -0.2) is 8.78 Å². The zero-order chi connectivity index (χ0) is 10.6. The summed E-state index contributed by atoms with van der Waals surface area (Å²) in [5.41, 5.74) is 6.01. The smallest absolute Gasteiger partial charge is 0.272 e. The first-order valence-electron chi connectivity index (χ1n) is 3.84. The predicted octanol–water partition coefficient (Wildman–Crippen LogP) is 1.78. The van der Waals surface area contributed by atoms with E-state index < -0.39 is 13.0 Å². The second-order valence-electron chi connectivity index (χ2n) is 2.57. The van der Waals surface area contributed by atoms with Crippen molar-refractivity contribution in [1.82, 2.24) is 0 Å². The summed E-state index contributed by atoms with van der Waals surface area (Å²) in [5, 5.41) is 8.50. The normalized spacial score (nSPS) is 9.86. The molecule has 2 N–H and O–H groups in total. The summed E-state index contributed by atoms with van der Waals surface area (Å²) in [6.07, 6.45) is -2.54. The molecular weight excluding hydrogens is 190 g/mol. The molecule has 0 atom stereocenters. The Bertz CT molecular complexity index is 360. The summed E-state index contributed by atoms with van der Waals surface area (Å²) < 4.78 is 28.3. The maximum absolute atomic E-state index is 11.8. The van der Waals surface area contributed by atoms with Gasteiger partial charge >= 0.3 is 0 Å². The Balaban J connectivity index is 2.75. The van der Waals surface area contributed by atoms with Crippen molar-refractivity contribution < 1.29 is 13.5 Å². The molecule has 0 saturated carbocycles. The first-order valence-corrected chi connectivity index (χ1v) is 3.84. The van der Waals surface area contributed by atoms with Crippen LogP contribution < -0.4 is 10.5 Å². The van der Waals surface area contributed by atoms with Gasteiger partial charge in [-0.2, -0.15) is 5.26 Å². The number of nitrogen functional groups attached to an aromatic ring is 1. The third-order valence-corrected chi connectivity index (χ3v) is 1.50. The molecule has 0 aliphatic rings. The Hall–Kier alpha value is -1.83. The molecule has 5 heteroatoms. The van der Waals surface area contributed by atoms with E-state index in [4.69, 9.17) is 15.7 Å². The molecule has 0 amide bonds. The average Bonchev–Trinajstić information content (AvgIpc) is 2.15. The van der Waals surface area contributed by atoms with Crippen molar-refractivity contribution in [2.75, 3.05) is 12.3 Å². The molecule has 0 unspecified atom stereocenters. The minimum atomic E-state index is -2.54. The minimum absolute atomic E-state index is 0.171. The van der Waals surface area contributed by atoms with E-state index in [1.54, 1.807) is 0 Å². The fourth-order valence-corrected chi connectivity index (χ4v) is 0.902. The largest absolute Gasteiger partial charge is 0.485 e. The van der Waals surface area contributed by atoms with E-state index >= 15 is 0 Å². The van der Waals surface area contributed by atoms with Crippen LogP contribution in [0.1, 0.15) is 5.56 Å². The van der Waals surface area contributed by atoms with Gasteiger partial charge in [0.15, 0.2) is 0 Å². The van der Waals surface area contributed by atoms with E-state index in [2.05, 4.69) is 0 Å². The van der Waals surface area contributed by atoms with Crippen molar-refractivity contribution in [3.63, 3.8) is 0 Å². The number of ether oxygens (including phenoxy) is 1. The number of anilines is 1. The summed E-state index contributed by atoms with van der Waals surface area (Å²) in [4.78, 5) is 0. The molecule has 1 aromatic carbocycles. The molecule has 3 nitrogen and oxygen atoms in total. The van der Waals surface area contributed by atoms with Crippen molar-refractivity contribution >= 4 is 5.69 Å². The fourth-order valence-electron chi connectivity index (χ4n) is 0.902. The van der Waals surface area contributed by atoms with Gasteiger partial charge in [0.25, 0.3) is 6.43 Å². The lowest BCUT2D eigenvalue weighted by molar-refractivity contribution is 0.0823. The lowest BCUT2D eigenvalue weighted by atomic mass is 10.2. The number of benzene rings is 1. The van der Waals surface area contributed by atoms with Crippen LogP contribution in [0.3, 0.4) is 0 Å². The molecule has 1 rings (SSSR count). The monoisotopic (exact) mass is 198 g/mol. The molecule has 14 heavy (non-hydrogen) atoms. The zero-order valence-electron chi connectivity index (χ0n) is 7.21. The van der Waals surface area contributed by atoms with Crippen LogP contribution in [0.4, 0.5) is 14.5 Å². The van der Waals surface area contributed by atoms with E-state index in [1.807, 2.05) is 6.07 Å². The number of halogens is 2. The first kappa shape index (κ1) is 10.3. The third kappa shape index (κ3) is 2.59. The second-order valence-corrected chi connectivity index (χ2v) is 2.57. The molecule has 0 radical (unpaired) electrons. The summed E-state index contributed by atoms with van der Waals surface area (Å²) >= 11 is 0. The van der Waals surface area contributed by atoms with Crippen molar-refractivity contribution in [3.8, 4) is 11.8 Å². The Morgan fingerprint density at radius 1 is 1.50 bits per heavy atom. The number of hydrogen-bond donors (Lipinski definition) is 1. The van der Waals surface area contributed by atoms with Crippen molar-refractivity contribution in [2.24, 2.45) is 0 Å². The zero-order valence-corrected chi connectivity index (χ0v) is 7.21. The van der Waals surface area contributed by atoms with E-state index in [1.165, 1.54) is 18.2 Å². The molecule has 1 aromatic rings. The topological polar surface area (TPSA) is 59.0 Å². The lowest BCUT2D eigenvalue weighted by Gasteiger charge is -2.07. The highest BCUT2D eigenvalue weighted by Crippen LogP contribution is 2.22. The molecule has 0 bridgehead atoms. The molecule has 0 aliphatic carbocycles. The van der Waals surface area contributed by atoms with Gasteiger partial charge < -0.3 is 10.5 Å². The number of nitrogens with zero attached hydrogens (tertiary/aromatic N) is 1. The van der Waals surface area contributed by atoms with E-state index in [0.717, 1.165) is 0 Å². The van der Waals surface area contributed by atoms with E-state index in [9.17, 15) is 8.78 Å². The molecule has 0 aliphatic heterocycles. The van der Waals surface area contributed by atoms with Crippen LogP contribution in [0.2, 0.25) is 0 Å². The van der Waals surface area contributed by atoms with Gasteiger partial charge in [0.05, 0.1) is 17.3 Å². The third-order valence-electron chi connectivity index (χ3n) is 1.50. The highest BCUT2D eigenvalue weighted by molar-refractivity contribution is 5.56. The highest BCUT2D eigenvalue weighted by Gasteiger charge is 2.06. The number of rotatable bonds is 3. The summed E-state index contributed by atoms with van der Waals surface area (Å²) in [5.74, 6) is 0.171. The second kappa shape index (κ2) is 4.42. The van der Waals surface area contributed by atoms with Crippen molar-refractivity contribution in [1.29, 1.82) is 5.26 Å². The lowest BCUT2D eigenvalue weighted by Crippen LogP contribution is -2.08. The maximum Gasteiger partial charge on any atom is 0.272 e. The molecule has 0 saturated heterocycles. The summed E-state index contributed by atoms with van der Waals surface area (Å²) in [6, 6.07) is 6.11. The van der Waals surface area contributed by atoms with Gasteiger partial charge in [0.1, 0.15) is 12.4 Å². The van der Waals surface area contributed by atoms with Crippen LogP contribution in [0, 0.1) is 11.3 Å². The average molecular weight is 198 g/mol. The van der Waals surface area contributed by atoms with Crippen LogP contribution in [0.5, 0.6) is 5.75 Å². The summed E-state index contributed by atoms with van der Waals surface area (Å²) in [7, 11) is 0. The number of alkyl halides is 2. The van der Waals surface area contributed by atoms with Gasteiger partial charge in [-0.05, 0) is 18.2 Å². The van der Waals surface area contributed by atoms with Crippen LogP contribution in [0.15, 0.2) is 18.2 Å². The molecule has 74 valence electrons. The molecule has 0 spiro atoms. The van der Waals surface area contributed by atoms with Crippen LogP contribution >= 0.6 is 0 Å². The molecule has 0 fully saturated rings. The highest BCUT2D eigenvalue weighted by atomic mass is 19.3. The van der Waals surface area contributed by atoms with Crippen LogP contribution in [-0.2, 0) is 0 Å². The van der Waals surface area contributed by atoms with E-state index in [0.29, 0.717) is 5.56 Å².